The van der Waals surface area contributed by atoms with Crippen molar-refractivity contribution < 1.29 is 12.9 Å². The molecule has 0 aliphatic carbocycles. The Bertz CT molecular complexity index is 699. The van der Waals surface area contributed by atoms with E-state index >= 15 is 0 Å². The van der Waals surface area contributed by atoms with Gasteiger partial charge in [0.15, 0.2) is 5.82 Å². The molecular weight excluding hydrogens is 292 g/mol. The van der Waals surface area contributed by atoms with Crippen LogP contribution < -0.4 is 10.5 Å². The van der Waals surface area contributed by atoms with Crippen LogP contribution in [0.25, 0.3) is 0 Å². The number of halogens is 1. The van der Waals surface area contributed by atoms with Gasteiger partial charge in [-0.2, -0.15) is 4.98 Å². The largest absolute Gasteiger partial charge is 0.397 e. The van der Waals surface area contributed by atoms with Gasteiger partial charge in [-0.05, 0) is 25.1 Å². The van der Waals surface area contributed by atoms with Crippen molar-refractivity contribution in [1.29, 1.82) is 0 Å². The van der Waals surface area contributed by atoms with Crippen LogP contribution in [0.15, 0.2) is 27.6 Å². The molecule has 0 saturated heterocycles. The summed E-state index contributed by atoms with van der Waals surface area (Å²) < 4.78 is 31.1. The molecule has 0 unspecified atom stereocenters. The zero-order chi connectivity index (χ0) is 14.0. The maximum atomic E-state index is 12.0. The van der Waals surface area contributed by atoms with Gasteiger partial charge in [0.25, 0.3) is 0 Å². The molecule has 9 heteroatoms. The quantitative estimate of drug-likeness (QED) is 0.818. The number of nitrogens with zero attached hydrogens (tertiary/aromatic N) is 2. The summed E-state index contributed by atoms with van der Waals surface area (Å²) in [5.74, 6) is 0.618. The minimum absolute atomic E-state index is 0.0191. The fourth-order valence-corrected chi connectivity index (χ4v) is 2.47. The van der Waals surface area contributed by atoms with Gasteiger partial charge < -0.3 is 10.3 Å². The van der Waals surface area contributed by atoms with Crippen molar-refractivity contribution in [2.75, 3.05) is 5.73 Å². The lowest BCUT2D eigenvalue weighted by Crippen LogP contribution is -2.23. The first kappa shape index (κ1) is 13.8. The first-order chi connectivity index (χ1) is 8.88. The van der Waals surface area contributed by atoms with E-state index in [-0.39, 0.29) is 23.0 Å². The normalized spacial score (nSPS) is 11.7. The smallest absolute Gasteiger partial charge is 0.241 e. The van der Waals surface area contributed by atoms with Crippen LogP contribution in [0.4, 0.5) is 5.69 Å². The molecular formula is C10H11ClN4O3S. The fraction of sp³-hybridized carbons (Fsp3) is 0.200. The van der Waals surface area contributed by atoms with E-state index in [2.05, 4.69) is 14.9 Å². The molecule has 0 bridgehead atoms. The third kappa shape index (κ3) is 3.22. The first-order valence-corrected chi connectivity index (χ1v) is 7.08. The predicted molar refractivity (Wildman–Crippen MR) is 68.9 cm³/mol. The Labute approximate surface area is 114 Å². The third-order valence-corrected chi connectivity index (χ3v) is 4.00. The number of hydrogen-bond donors (Lipinski definition) is 2. The maximum Gasteiger partial charge on any atom is 0.241 e. The summed E-state index contributed by atoms with van der Waals surface area (Å²) in [6, 6.07) is 4.06. The highest BCUT2D eigenvalue weighted by atomic mass is 35.5. The molecule has 0 aliphatic rings. The summed E-state index contributed by atoms with van der Waals surface area (Å²) in [6.07, 6.45) is 0. The molecule has 3 N–H and O–H groups in total. The van der Waals surface area contributed by atoms with Crippen molar-refractivity contribution >= 4 is 27.3 Å². The minimum atomic E-state index is -3.70. The standard InChI is InChI=1S/C10H11ClN4O3S/c1-6-14-10(18-15-6)5-13-19(16,17)7-2-3-8(11)9(12)4-7/h2-4,13H,5,12H2,1H3. The number of aromatic nitrogens is 2. The van der Waals surface area contributed by atoms with E-state index in [1.807, 2.05) is 0 Å². The molecule has 102 valence electrons. The molecule has 2 aromatic rings. The molecule has 0 saturated carbocycles. The zero-order valence-electron chi connectivity index (χ0n) is 9.92. The SMILES string of the molecule is Cc1noc(CNS(=O)(=O)c2ccc(Cl)c(N)c2)n1. The number of sulfonamides is 1. The van der Waals surface area contributed by atoms with Crippen LogP contribution in [0.3, 0.4) is 0 Å². The monoisotopic (exact) mass is 302 g/mol. The highest BCUT2D eigenvalue weighted by Gasteiger charge is 2.16. The van der Waals surface area contributed by atoms with Crippen molar-refractivity contribution in [1.82, 2.24) is 14.9 Å². The maximum absolute atomic E-state index is 12.0. The highest BCUT2D eigenvalue weighted by Crippen LogP contribution is 2.22. The van der Waals surface area contributed by atoms with Crippen LogP contribution in [0, 0.1) is 6.92 Å². The molecule has 1 aromatic heterocycles. The van der Waals surface area contributed by atoms with Crippen molar-refractivity contribution in [2.45, 2.75) is 18.4 Å². The molecule has 1 aromatic carbocycles. The van der Waals surface area contributed by atoms with Crippen molar-refractivity contribution in [3.63, 3.8) is 0 Å². The summed E-state index contributed by atoms with van der Waals surface area (Å²) in [7, 11) is -3.70. The van der Waals surface area contributed by atoms with Crippen LogP contribution in [-0.2, 0) is 16.6 Å². The fourth-order valence-electron chi connectivity index (χ4n) is 1.34. The van der Waals surface area contributed by atoms with Crippen LogP contribution in [0.2, 0.25) is 5.02 Å². The third-order valence-electron chi connectivity index (χ3n) is 2.26. The van der Waals surface area contributed by atoms with E-state index in [1.54, 1.807) is 6.92 Å². The Morgan fingerprint density at radius 3 is 2.79 bits per heavy atom. The number of aryl methyl sites for hydroxylation is 1. The minimum Gasteiger partial charge on any atom is -0.397 e. The predicted octanol–water partition coefficient (Wildman–Crippen LogP) is 1.09. The average molecular weight is 303 g/mol. The summed E-state index contributed by atoms with van der Waals surface area (Å²) in [6.45, 7) is 1.55. The highest BCUT2D eigenvalue weighted by molar-refractivity contribution is 7.89. The van der Waals surface area contributed by atoms with E-state index in [0.717, 1.165) is 0 Å². The molecule has 0 radical (unpaired) electrons. The van der Waals surface area contributed by atoms with Gasteiger partial charge in [-0.25, -0.2) is 13.1 Å². The van der Waals surface area contributed by atoms with Crippen molar-refractivity contribution in [3.8, 4) is 0 Å². The topological polar surface area (TPSA) is 111 Å². The van der Waals surface area contributed by atoms with Crippen LogP contribution in [0.5, 0.6) is 0 Å². The lowest BCUT2D eigenvalue weighted by atomic mass is 10.3. The van der Waals surface area contributed by atoms with Gasteiger partial charge in [0.1, 0.15) is 0 Å². The second kappa shape index (κ2) is 5.16. The van der Waals surface area contributed by atoms with Gasteiger partial charge in [-0.3, -0.25) is 0 Å². The Hall–Kier alpha value is -1.64. The number of benzene rings is 1. The second-order valence-electron chi connectivity index (χ2n) is 3.74. The van der Waals surface area contributed by atoms with E-state index in [1.165, 1.54) is 18.2 Å². The molecule has 0 amide bonds. The first-order valence-electron chi connectivity index (χ1n) is 5.22. The summed E-state index contributed by atoms with van der Waals surface area (Å²) >= 11 is 5.73. The Morgan fingerprint density at radius 1 is 1.47 bits per heavy atom. The Kier molecular flexibility index (Phi) is 3.74. The lowest BCUT2D eigenvalue weighted by Gasteiger charge is -2.06. The summed E-state index contributed by atoms with van der Waals surface area (Å²) in [4.78, 5) is 3.91. The number of nitrogen functional groups attached to an aromatic ring is 1. The lowest BCUT2D eigenvalue weighted by molar-refractivity contribution is 0.372. The number of rotatable bonds is 4. The molecule has 2 rings (SSSR count). The summed E-state index contributed by atoms with van der Waals surface area (Å²) in [5, 5.41) is 3.86. The van der Waals surface area contributed by atoms with E-state index in [4.69, 9.17) is 21.9 Å². The number of nitrogens with one attached hydrogen (secondary N) is 1. The van der Waals surface area contributed by atoms with Crippen molar-refractivity contribution in [2.24, 2.45) is 0 Å². The van der Waals surface area contributed by atoms with Gasteiger partial charge in [0.05, 0.1) is 22.2 Å². The molecule has 0 atom stereocenters. The van der Waals surface area contributed by atoms with Crippen LogP contribution >= 0.6 is 11.6 Å². The Morgan fingerprint density at radius 2 is 2.21 bits per heavy atom. The second-order valence-corrected chi connectivity index (χ2v) is 5.92. The van der Waals surface area contributed by atoms with Crippen LogP contribution in [-0.4, -0.2) is 18.6 Å². The van der Waals surface area contributed by atoms with Gasteiger partial charge in [0.2, 0.25) is 15.9 Å². The van der Waals surface area contributed by atoms with Gasteiger partial charge in [-0.15, -0.1) is 0 Å². The summed E-state index contributed by atoms with van der Waals surface area (Å²) in [5.41, 5.74) is 5.76. The average Bonchev–Trinajstić information content (AvgIpc) is 2.76. The van der Waals surface area contributed by atoms with Gasteiger partial charge in [0, 0.05) is 0 Å². The molecule has 0 fully saturated rings. The molecule has 7 nitrogen and oxygen atoms in total. The Balaban J connectivity index is 2.16. The number of anilines is 1. The molecule has 0 spiro atoms. The van der Waals surface area contributed by atoms with E-state index < -0.39 is 10.0 Å². The van der Waals surface area contributed by atoms with Crippen molar-refractivity contribution in [3.05, 3.63) is 34.9 Å². The van der Waals surface area contributed by atoms with E-state index in [9.17, 15) is 8.42 Å². The molecule has 1 heterocycles. The number of hydrogen-bond acceptors (Lipinski definition) is 6. The molecule has 19 heavy (non-hydrogen) atoms. The zero-order valence-corrected chi connectivity index (χ0v) is 11.5. The van der Waals surface area contributed by atoms with Crippen LogP contribution in [0.1, 0.15) is 11.7 Å². The molecule has 0 aliphatic heterocycles. The van der Waals surface area contributed by atoms with E-state index in [0.29, 0.717) is 10.8 Å². The van der Waals surface area contributed by atoms with Gasteiger partial charge in [-0.1, -0.05) is 16.8 Å². The van der Waals surface area contributed by atoms with Gasteiger partial charge >= 0.3 is 0 Å². The number of nitrogens with two attached hydrogens (primary N) is 1.